The van der Waals surface area contributed by atoms with Crippen LogP contribution in [0.2, 0.25) is 0 Å². The molecule has 0 unspecified atom stereocenters. The zero-order chi connectivity index (χ0) is 16.1. The number of benzene rings is 2. The van der Waals surface area contributed by atoms with Crippen LogP contribution in [0.4, 0.5) is 0 Å². The third kappa shape index (κ3) is 3.29. The molecule has 0 aliphatic heterocycles. The molecule has 3 rings (SSSR count). The van der Waals surface area contributed by atoms with Gasteiger partial charge in [-0.15, -0.1) is 0 Å². The molecule has 0 N–H and O–H groups in total. The number of hydrogen-bond acceptors (Lipinski definition) is 4. The van der Waals surface area contributed by atoms with Gasteiger partial charge < -0.3 is 4.74 Å². The summed E-state index contributed by atoms with van der Waals surface area (Å²) in [5.41, 5.74) is 1.29. The molecule has 23 heavy (non-hydrogen) atoms. The summed E-state index contributed by atoms with van der Waals surface area (Å²) in [5, 5.41) is 4.78. The van der Waals surface area contributed by atoms with Gasteiger partial charge in [-0.2, -0.15) is 9.78 Å². The number of fused-ring (bicyclic) bond motifs is 1. The average Bonchev–Trinajstić information content (AvgIpc) is 2.60. The van der Waals surface area contributed by atoms with E-state index in [1.807, 2.05) is 36.4 Å². The molecule has 3 aromatic rings. The van der Waals surface area contributed by atoms with Gasteiger partial charge in [-0.1, -0.05) is 31.2 Å². The highest BCUT2D eigenvalue weighted by atomic mass is 16.5. The molecule has 0 saturated carbocycles. The van der Waals surface area contributed by atoms with Crippen LogP contribution in [0.5, 0.6) is 5.75 Å². The second-order valence-electron chi connectivity index (χ2n) is 5.04. The van der Waals surface area contributed by atoms with Crippen molar-refractivity contribution in [2.24, 2.45) is 5.10 Å². The van der Waals surface area contributed by atoms with Gasteiger partial charge >= 0.3 is 0 Å². The molecule has 0 radical (unpaired) electrons. The van der Waals surface area contributed by atoms with Crippen molar-refractivity contribution in [3.8, 4) is 5.75 Å². The van der Waals surface area contributed by atoms with Gasteiger partial charge in [0.1, 0.15) is 12.1 Å². The van der Waals surface area contributed by atoms with Crippen LogP contribution in [0.15, 0.2) is 64.8 Å². The van der Waals surface area contributed by atoms with Crippen LogP contribution in [-0.4, -0.2) is 22.5 Å². The zero-order valence-electron chi connectivity index (χ0n) is 12.8. The lowest BCUT2D eigenvalue weighted by Gasteiger charge is -2.07. The Morgan fingerprint density at radius 2 is 1.96 bits per heavy atom. The highest BCUT2D eigenvalue weighted by molar-refractivity contribution is 5.83. The second kappa shape index (κ2) is 6.87. The Morgan fingerprint density at radius 3 is 2.83 bits per heavy atom. The maximum Gasteiger partial charge on any atom is 0.281 e. The Hall–Kier alpha value is -2.95. The largest absolute Gasteiger partial charge is 0.493 e. The molecule has 0 aliphatic carbocycles. The van der Waals surface area contributed by atoms with Gasteiger partial charge in [0.05, 0.1) is 23.7 Å². The van der Waals surface area contributed by atoms with E-state index in [2.05, 4.69) is 17.0 Å². The summed E-state index contributed by atoms with van der Waals surface area (Å²) in [4.78, 5) is 16.6. The second-order valence-corrected chi connectivity index (χ2v) is 5.04. The number of aromatic nitrogens is 2. The summed E-state index contributed by atoms with van der Waals surface area (Å²) in [5.74, 6) is 0.750. The van der Waals surface area contributed by atoms with E-state index in [0.717, 1.165) is 17.7 Å². The lowest BCUT2D eigenvalue weighted by atomic mass is 10.2. The highest BCUT2D eigenvalue weighted by Gasteiger charge is 2.03. The van der Waals surface area contributed by atoms with Crippen molar-refractivity contribution in [2.45, 2.75) is 13.3 Å². The molecule has 0 aliphatic rings. The third-order valence-electron chi connectivity index (χ3n) is 3.35. The van der Waals surface area contributed by atoms with Gasteiger partial charge in [0, 0.05) is 5.56 Å². The Bertz CT molecular complexity index is 900. The monoisotopic (exact) mass is 307 g/mol. The van der Waals surface area contributed by atoms with Crippen LogP contribution >= 0.6 is 0 Å². The topological polar surface area (TPSA) is 56.5 Å². The summed E-state index contributed by atoms with van der Waals surface area (Å²) in [7, 11) is 0. The Labute approximate surface area is 133 Å². The molecule has 2 aromatic carbocycles. The molecule has 116 valence electrons. The fraction of sp³-hybridized carbons (Fsp3) is 0.167. The summed E-state index contributed by atoms with van der Waals surface area (Å²) in [6.45, 7) is 2.69. The Kier molecular flexibility index (Phi) is 4.47. The summed E-state index contributed by atoms with van der Waals surface area (Å²) >= 11 is 0. The molecule has 0 saturated heterocycles. The van der Waals surface area contributed by atoms with Crippen LogP contribution in [0.25, 0.3) is 10.9 Å². The van der Waals surface area contributed by atoms with Crippen LogP contribution in [0, 0.1) is 0 Å². The summed E-state index contributed by atoms with van der Waals surface area (Å²) in [6, 6.07) is 14.8. The predicted molar refractivity (Wildman–Crippen MR) is 91.2 cm³/mol. The van der Waals surface area contributed by atoms with Gasteiger partial charge in [-0.25, -0.2) is 4.98 Å². The molecule has 0 bridgehead atoms. The van der Waals surface area contributed by atoms with Crippen molar-refractivity contribution >= 4 is 17.1 Å². The fourth-order valence-electron chi connectivity index (χ4n) is 2.20. The first-order valence-corrected chi connectivity index (χ1v) is 7.52. The van der Waals surface area contributed by atoms with Crippen LogP contribution in [-0.2, 0) is 0 Å². The minimum Gasteiger partial charge on any atom is -0.493 e. The number of para-hydroxylation sites is 2. The van der Waals surface area contributed by atoms with Gasteiger partial charge in [0.15, 0.2) is 0 Å². The predicted octanol–water partition coefficient (Wildman–Crippen LogP) is 3.07. The smallest absolute Gasteiger partial charge is 0.281 e. The van der Waals surface area contributed by atoms with Crippen LogP contribution in [0.1, 0.15) is 18.9 Å². The molecule has 1 aromatic heterocycles. The minimum absolute atomic E-state index is 0.196. The van der Waals surface area contributed by atoms with Crippen molar-refractivity contribution in [1.29, 1.82) is 0 Å². The maximum atomic E-state index is 12.4. The van der Waals surface area contributed by atoms with Crippen molar-refractivity contribution in [3.05, 3.63) is 70.8 Å². The molecular weight excluding hydrogens is 290 g/mol. The molecule has 5 nitrogen and oxygen atoms in total. The van der Waals surface area contributed by atoms with Gasteiger partial charge in [-0.05, 0) is 30.7 Å². The lowest BCUT2D eigenvalue weighted by molar-refractivity contribution is 0.317. The molecule has 5 heteroatoms. The number of nitrogens with zero attached hydrogens (tertiary/aromatic N) is 3. The third-order valence-corrected chi connectivity index (χ3v) is 3.35. The fourth-order valence-corrected chi connectivity index (χ4v) is 2.20. The van der Waals surface area contributed by atoms with E-state index in [1.165, 1.54) is 11.0 Å². The average molecular weight is 307 g/mol. The first-order valence-electron chi connectivity index (χ1n) is 7.52. The lowest BCUT2D eigenvalue weighted by Crippen LogP contribution is -2.17. The summed E-state index contributed by atoms with van der Waals surface area (Å²) < 4.78 is 6.92. The summed E-state index contributed by atoms with van der Waals surface area (Å²) in [6.07, 6.45) is 3.97. The van der Waals surface area contributed by atoms with E-state index >= 15 is 0 Å². The molecular formula is C18H17N3O2. The van der Waals surface area contributed by atoms with E-state index in [-0.39, 0.29) is 5.56 Å². The molecule has 0 spiro atoms. The van der Waals surface area contributed by atoms with Crippen molar-refractivity contribution in [1.82, 2.24) is 9.66 Å². The number of hydrogen-bond donors (Lipinski definition) is 0. The van der Waals surface area contributed by atoms with E-state index in [9.17, 15) is 4.79 Å². The van der Waals surface area contributed by atoms with Gasteiger partial charge in [-0.3, -0.25) is 4.79 Å². The van der Waals surface area contributed by atoms with Crippen LogP contribution in [0.3, 0.4) is 0 Å². The zero-order valence-corrected chi connectivity index (χ0v) is 12.8. The van der Waals surface area contributed by atoms with Crippen molar-refractivity contribution in [3.63, 3.8) is 0 Å². The highest BCUT2D eigenvalue weighted by Crippen LogP contribution is 2.16. The molecule has 0 fully saturated rings. The van der Waals surface area contributed by atoms with Gasteiger partial charge in [0.25, 0.3) is 5.56 Å². The minimum atomic E-state index is -0.196. The van der Waals surface area contributed by atoms with Gasteiger partial charge in [0.2, 0.25) is 0 Å². The first-order chi connectivity index (χ1) is 11.3. The normalized spacial score (nSPS) is 11.2. The van der Waals surface area contributed by atoms with E-state index in [4.69, 9.17) is 4.74 Å². The SMILES string of the molecule is CCCOc1ccccc1/C=N/n1cnc2ccccc2c1=O. The number of rotatable bonds is 5. The Morgan fingerprint density at radius 1 is 1.17 bits per heavy atom. The Balaban J connectivity index is 1.95. The standard InChI is InChI=1S/C18H17N3O2/c1-2-11-23-17-10-6-3-7-14(17)12-20-21-13-19-16-9-5-4-8-15(16)18(21)22/h3-10,12-13H,2,11H2,1H3/b20-12+. The maximum absolute atomic E-state index is 12.4. The number of ether oxygens (including phenoxy) is 1. The molecule has 1 heterocycles. The quantitative estimate of drug-likeness (QED) is 0.681. The van der Waals surface area contributed by atoms with E-state index < -0.39 is 0 Å². The first kappa shape index (κ1) is 15.0. The van der Waals surface area contributed by atoms with E-state index in [0.29, 0.717) is 17.5 Å². The van der Waals surface area contributed by atoms with E-state index in [1.54, 1.807) is 18.3 Å². The molecule has 0 atom stereocenters. The van der Waals surface area contributed by atoms with Crippen molar-refractivity contribution < 1.29 is 4.74 Å². The van der Waals surface area contributed by atoms with Crippen molar-refractivity contribution in [2.75, 3.05) is 6.61 Å². The van der Waals surface area contributed by atoms with Crippen LogP contribution < -0.4 is 10.3 Å². The molecule has 0 amide bonds.